The molecule has 0 aromatic heterocycles. The average molecular weight is 304 g/mol. The van der Waals surface area contributed by atoms with E-state index in [2.05, 4.69) is 0 Å². The zero-order valence-corrected chi connectivity index (χ0v) is 12.6. The van der Waals surface area contributed by atoms with Crippen LogP contribution in [0.15, 0.2) is 30.3 Å². The fourth-order valence-corrected chi connectivity index (χ4v) is 2.87. The first-order valence-electron chi connectivity index (χ1n) is 7.53. The summed E-state index contributed by atoms with van der Waals surface area (Å²) in [7, 11) is 0. The molecule has 0 radical (unpaired) electrons. The topological polar surface area (TPSA) is 59.1 Å². The standard InChI is InChI=1S/C16H20N2O4/c1-12-7-8-21-15-10-17(9-14(19)18(12)15)16(20)22-11-13-5-3-2-4-6-13/h2-6,12,15H,7-11H2,1H3/t12-,15+/m1/s1. The normalized spacial score (nSPS) is 24.9. The zero-order valence-electron chi connectivity index (χ0n) is 12.6. The number of hydrogen-bond donors (Lipinski definition) is 0. The molecule has 2 aliphatic heterocycles. The number of carbonyl (C=O) groups is 2. The highest BCUT2D eigenvalue weighted by Gasteiger charge is 2.40. The highest BCUT2D eigenvalue weighted by Crippen LogP contribution is 2.22. The molecule has 22 heavy (non-hydrogen) atoms. The number of rotatable bonds is 2. The van der Waals surface area contributed by atoms with E-state index in [0.29, 0.717) is 13.2 Å². The molecule has 2 aliphatic rings. The Morgan fingerprint density at radius 3 is 2.91 bits per heavy atom. The second-order valence-electron chi connectivity index (χ2n) is 5.68. The van der Waals surface area contributed by atoms with Gasteiger partial charge in [0.15, 0.2) is 0 Å². The van der Waals surface area contributed by atoms with E-state index in [1.165, 1.54) is 4.90 Å². The van der Waals surface area contributed by atoms with E-state index < -0.39 is 6.09 Å². The molecule has 0 bridgehead atoms. The summed E-state index contributed by atoms with van der Waals surface area (Å²) < 4.78 is 10.9. The van der Waals surface area contributed by atoms with Crippen molar-refractivity contribution < 1.29 is 19.1 Å². The molecule has 2 atom stereocenters. The van der Waals surface area contributed by atoms with Gasteiger partial charge in [0.2, 0.25) is 5.91 Å². The average Bonchev–Trinajstić information content (AvgIpc) is 2.53. The molecule has 1 aromatic rings. The van der Waals surface area contributed by atoms with Gasteiger partial charge in [-0.2, -0.15) is 0 Å². The van der Waals surface area contributed by atoms with Gasteiger partial charge < -0.3 is 14.4 Å². The van der Waals surface area contributed by atoms with Crippen molar-refractivity contribution in [3.05, 3.63) is 35.9 Å². The lowest BCUT2D eigenvalue weighted by atomic mass is 10.1. The first kappa shape index (κ1) is 14.8. The number of benzene rings is 1. The van der Waals surface area contributed by atoms with Crippen LogP contribution in [0.1, 0.15) is 18.9 Å². The highest BCUT2D eigenvalue weighted by atomic mass is 16.6. The van der Waals surface area contributed by atoms with Gasteiger partial charge in [-0.15, -0.1) is 0 Å². The minimum absolute atomic E-state index is 0.0534. The quantitative estimate of drug-likeness (QED) is 0.833. The van der Waals surface area contributed by atoms with Crippen LogP contribution in [0.25, 0.3) is 0 Å². The lowest BCUT2D eigenvalue weighted by molar-refractivity contribution is -0.176. The Hall–Kier alpha value is -2.08. The van der Waals surface area contributed by atoms with Crippen LogP contribution in [0.2, 0.25) is 0 Å². The number of amides is 2. The van der Waals surface area contributed by atoms with Crippen LogP contribution in [0, 0.1) is 0 Å². The molecule has 3 rings (SSSR count). The monoisotopic (exact) mass is 304 g/mol. The summed E-state index contributed by atoms with van der Waals surface area (Å²) >= 11 is 0. The predicted octanol–water partition coefficient (Wildman–Crippen LogP) is 1.60. The summed E-state index contributed by atoms with van der Waals surface area (Å²) in [6, 6.07) is 9.63. The summed E-state index contributed by atoms with van der Waals surface area (Å²) in [6.07, 6.45) is 0.00805. The van der Waals surface area contributed by atoms with Gasteiger partial charge in [-0.25, -0.2) is 4.79 Å². The first-order valence-corrected chi connectivity index (χ1v) is 7.53. The molecule has 2 amide bonds. The molecule has 118 valence electrons. The van der Waals surface area contributed by atoms with Gasteiger partial charge in [-0.3, -0.25) is 9.69 Å². The van der Waals surface area contributed by atoms with E-state index in [-0.39, 0.29) is 31.3 Å². The number of fused-ring (bicyclic) bond motifs is 1. The second kappa shape index (κ2) is 6.36. The minimum atomic E-state index is -0.473. The van der Waals surface area contributed by atoms with Crippen LogP contribution in [0.3, 0.4) is 0 Å². The van der Waals surface area contributed by atoms with Crippen molar-refractivity contribution in [2.45, 2.75) is 32.2 Å². The third-order valence-corrected chi connectivity index (χ3v) is 4.08. The summed E-state index contributed by atoms with van der Waals surface area (Å²) in [6.45, 7) is 3.25. The minimum Gasteiger partial charge on any atom is -0.445 e. The van der Waals surface area contributed by atoms with Crippen molar-refractivity contribution in [3.63, 3.8) is 0 Å². The fourth-order valence-electron chi connectivity index (χ4n) is 2.87. The first-order chi connectivity index (χ1) is 10.6. The van der Waals surface area contributed by atoms with Crippen molar-refractivity contribution >= 4 is 12.0 Å². The molecule has 6 heteroatoms. The maximum Gasteiger partial charge on any atom is 0.410 e. The third kappa shape index (κ3) is 3.06. The highest BCUT2D eigenvalue weighted by molar-refractivity contribution is 5.84. The maximum atomic E-state index is 12.2. The lowest BCUT2D eigenvalue weighted by Crippen LogP contribution is -2.63. The van der Waals surface area contributed by atoms with Crippen LogP contribution in [0.5, 0.6) is 0 Å². The molecular weight excluding hydrogens is 284 g/mol. The summed E-state index contributed by atoms with van der Waals surface area (Å²) in [5.74, 6) is -0.0832. The molecule has 2 saturated heterocycles. The summed E-state index contributed by atoms with van der Waals surface area (Å²) in [4.78, 5) is 27.5. The molecule has 1 aromatic carbocycles. The largest absolute Gasteiger partial charge is 0.445 e. The van der Waals surface area contributed by atoms with Gasteiger partial charge >= 0.3 is 6.09 Å². The Labute approximate surface area is 129 Å². The van der Waals surface area contributed by atoms with Gasteiger partial charge in [0, 0.05) is 6.04 Å². The van der Waals surface area contributed by atoms with Crippen LogP contribution >= 0.6 is 0 Å². The molecular formula is C16H20N2O4. The Bertz CT molecular complexity index is 548. The Kier molecular flexibility index (Phi) is 4.29. The molecule has 0 aliphatic carbocycles. The Balaban J connectivity index is 1.58. The molecule has 0 N–H and O–H groups in total. The van der Waals surface area contributed by atoms with E-state index in [1.54, 1.807) is 4.90 Å². The molecule has 2 heterocycles. The summed E-state index contributed by atoms with van der Waals surface area (Å²) in [5.41, 5.74) is 0.920. The van der Waals surface area contributed by atoms with Crippen molar-refractivity contribution in [3.8, 4) is 0 Å². The van der Waals surface area contributed by atoms with Crippen molar-refractivity contribution in [2.24, 2.45) is 0 Å². The number of piperazine rings is 1. The van der Waals surface area contributed by atoms with Gasteiger partial charge in [0.25, 0.3) is 0 Å². The number of ether oxygens (including phenoxy) is 2. The van der Waals surface area contributed by atoms with Crippen molar-refractivity contribution in [1.82, 2.24) is 9.80 Å². The van der Waals surface area contributed by atoms with E-state index >= 15 is 0 Å². The SMILES string of the molecule is C[C@@H]1CCO[C@H]2CN(C(=O)OCc3ccccc3)CC(=O)N12. The smallest absolute Gasteiger partial charge is 0.410 e. The molecule has 0 spiro atoms. The van der Waals surface area contributed by atoms with Crippen LogP contribution in [-0.4, -0.2) is 53.8 Å². The lowest BCUT2D eigenvalue weighted by Gasteiger charge is -2.46. The zero-order chi connectivity index (χ0) is 15.5. The van der Waals surface area contributed by atoms with Crippen molar-refractivity contribution in [2.75, 3.05) is 19.7 Å². The predicted molar refractivity (Wildman–Crippen MR) is 78.9 cm³/mol. The summed E-state index contributed by atoms with van der Waals surface area (Å²) in [5, 5.41) is 0. The fraction of sp³-hybridized carbons (Fsp3) is 0.500. The Morgan fingerprint density at radius 1 is 1.36 bits per heavy atom. The second-order valence-corrected chi connectivity index (χ2v) is 5.68. The Morgan fingerprint density at radius 2 is 2.14 bits per heavy atom. The van der Waals surface area contributed by atoms with E-state index in [1.807, 2.05) is 37.3 Å². The van der Waals surface area contributed by atoms with Crippen LogP contribution in [0.4, 0.5) is 4.79 Å². The number of hydrogen-bond acceptors (Lipinski definition) is 4. The molecule has 0 unspecified atom stereocenters. The number of nitrogens with zero attached hydrogens (tertiary/aromatic N) is 2. The molecule has 2 fully saturated rings. The van der Waals surface area contributed by atoms with Gasteiger partial charge in [0.1, 0.15) is 19.4 Å². The number of carbonyl (C=O) groups excluding carboxylic acids is 2. The van der Waals surface area contributed by atoms with E-state index in [9.17, 15) is 9.59 Å². The molecule has 6 nitrogen and oxygen atoms in total. The van der Waals surface area contributed by atoms with Crippen LogP contribution in [-0.2, 0) is 20.9 Å². The van der Waals surface area contributed by atoms with Gasteiger partial charge in [-0.1, -0.05) is 30.3 Å². The third-order valence-electron chi connectivity index (χ3n) is 4.08. The van der Waals surface area contributed by atoms with Crippen LogP contribution < -0.4 is 0 Å². The van der Waals surface area contributed by atoms with Gasteiger partial charge in [0.05, 0.1) is 13.2 Å². The van der Waals surface area contributed by atoms with Crippen molar-refractivity contribution in [1.29, 1.82) is 0 Å². The van der Waals surface area contributed by atoms with E-state index in [0.717, 1.165) is 12.0 Å². The van der Waals surface area contributed by atoms with E-state index in [4.69, 9.17) is 9.47 Å². The molecule has 0 saturated carbocycles. The van der Waals surface area contributed by atoms with Gasteiger partial charge in [-0.05, 0) is 18.9 Å². The maximum absolute atomic E-state index is 12.2.